The van der Waals surface area contributed by atoms with Crippen molar-refractivity contribution in [1.29, 1.82) is 0 Å². The number of rotatable bonds is 6. The fourth-order valence-corrected chi connectivity index (χ4v) is 3.24. The van der Waals surface area contributed by atoms with E-state index in [1.165, 1.54) is 12.1 Å². The standard InChI is InChI=1S/C22H29F3N6/c1-3-26-21(28-14-17-4-7-19(8-5-17)22(23,24)25)29-16-18-6-9-20(27-15-18)31-12-10-30(2)11-13-31/h4-9,15H,3,10-14,16H2,1-2H3,(H2,26,28,29). The lowest BCUT2D eigenvalue weighted by Crippen LogP contribution is -2.44. The van der Waals surface area contributed by atoms with E-state index in [1.807, 2.05) is 25.3 Å². The van der Waals surface area contributed by atoms with Crippen LogP contribution in [0.3, 0.4) is 0 Å². The van der Waals surface area contributed by atoms with Gasteiger partial charge in [-0.2, -0.15) is 13.2 Å². The molecule has 1 fully saturated rings. The van der Waals surface area contributed by atoms with Crippen LogP contribution in [0.15, 0.2) is 47.6 Å². The zero-order valence-electron chi connectivity index (χ0n) is 17.9. The van der Waals surface area contributed by atoms with E-state index in [2.05, 4.69) is 37.5 Å². The summed E-state index contributed by atoms with van der Waals surface area (Å²) >= 11 is 0. The Labute approximate surface area is 181 Å². The Morgan fingerprint density at radius 1 is 1.00 bits per heavy atom. The summed E-state index contributed by atoms with van der Waals surface area (Å²) in [6, 6.07) is 9.19. The van der Waals surface area contributed by atoms with Crippen LogP contribution in [0.1, 0.15) is 23.6 Å². The number of nitrogens with zero attached hydrogens (tertiary/aromatic N) is 4. The van der Waals surface area contributed by atoms with Crippen LogP contribution >= 0.6 is 0 Å². The summed E-state index contributed by atoms with van der Waals surface area (Å²) < 4.78 is 38.1. The van der Waals surface area contributed by atoms with Gasteiger partial charge in [0.2, 0.25) is 0 Å². The molecule has 0 aliphatic carbocycles. The van der Waals surface area contributed by atoms with Crippen molar-refractivity contribution in [1.82, 2.24) is 20.5 Å². The van der Waals surface area contributed by atoms with E-state index in [-0.39, 0.29) is 0 Å². The normalized spacial score (nSPS) is 15.8. The summed E-state index contributed by atoms with van der Waals surface area (Å²) in [5.74, 6) is 1.58. The summed E-state index contributed by atoms with van der Waals surface area (Å²) in [6.45, 7) is 7.48. The minimum absolute atomic E-state index is 0.380. The van der Waals surface area contributed by atoms with Crippen molar-refractivity contribution in [3.8, 4) is 0 Å². The van der Waals surface area contributed by atoms with Crippen LogP contribution in [0.25, 0.3) is 0 Å². The van der Waals surface area contributed by atoms with E-state index < -0.39 is 11.7 Å². The van der Waals surface area contributed by atoms with Crippen LogP contribution in [-0.2, 0) is 19.3 Å². The van der Waals surface area contributed by atoms with Gasteiger partial charge in [-0.15, -0.1) is 0 Å². The van der Waals surface area contributed by atoms with E-state index in [4.69, 9.17) is 0 Å². The highest BCUT2D eigenvalue weighted by Gasteiger charge is 2.29. The van der Waals surface area contributed by atoms with Crippen LogP contribution in [-0.4, -0.2) is 55.6 Å². The first-order valence-electron chi connectivity index (χ1n) is 10.4. The molecule has 31 heavy (non-hydrogen) atoms. The predicted octanol–water partition coefficient (Wildman–Crippen LogP) is 3.11. The van der Waals surface area contributed by atoms with Gasteiger partial charge >= 0.3 is 6.18 Å². The fraction of sp³-hybridized carbons (Fsp3) is 0.455. The molecule has 9 heteroatoms. The number of guanidine groups is 1. The minimum atomic E-state index is -4.32. The van der Waals surface area contributed by atoms with Crippen LogP contribution in [0, 0.1) is 0 Å². The molecule has 0 unspecified atom stereocenters. The van der Waals surface area contributed by atoms with Crippen molar-refractivity contribution in [2.24, 2.45) is 4.99 Å². The van der Waals surface area contributed by atoms with Crippen molar-refractivity contribution in [3.63, 3.8) is 0 Å². The lowest BCUT2D eigenvalue weighted by Gasteiger charge is -2.33. The Bertz CT molecular complexity index is 841. The molecule has 0 saturated carbocycles. The zero-order valence-corrected chi connectivity index (χ0v) is 17.9. The van der Waals surface area contributed by atoms with Gasteiger partial charge in [0.1, 0.15) is 5.82 Å². The SMILES string of the molecule is CCNC(=NCc1ccc(N2CCN(C)CC2)nc1)NCc1ccc(C(F)(F)F)cc1. The third-order valence-electron chi connectivity index (χ3n) is 5.14. The van der Waals surface area contributed by atoms with Crippen molar-refractivity contribution in [2.45, 2.75) is 26.2 Å². The van der Waals surface area contributed by atoms with Crippen LogP contribution in [0.4, 0.5) is 19.0 Å². The third kappa shape index (κ3) is 6.85. The Morgan fingerprint density at radius 2 is 1.68 bits per heavy atom. The Hall–Kier alpha value is -2.81. The molecule has 2 heterocycles. The van der Waals surface area contributed by atoms with E-state index in [1.54, 1.807) is 0 Å². The Kier molecular flexibility index (Phi) is 7.73. The average Bonchev–Trinajstić information content (AvgIpc) is 2.76. The summed E-state index contributed by atoms with van der Waals surface area (Å²) in [4.78, 5) is 13.7. The summed E-state index contributed by atoms with van der Waals surface area (Å²) in [7, 11) is 2.12. The molecule has 1 aromatic carbocycles. The lowest BCUT2D eigenvalue weighted by atomic mass is 10.1. The van der Waals surface area contributed by atoms with Gasteiger partial charge in [-0.25, -0.2) is 9.98 Å². The van der Waals surface area contributed by atoms with Gasteiger partial charge in [0.15, 0.2) is 5.96 Å². The number of nitrogens with one attached hydrogen (secondary N) is 2. The highest BCUT2D eigenvalue weighted by atomic mass is 19.4. The van der Waals surface area contributed by atoms with Gasteiger partial charge in [-0.05, 0) is 43.3 Å². The van der Waals surface area contributed by atoms with E-state index in [9.17, 15) is 13.2 Å². The first-order chi connectivity index (χ1) is 14.8. The number of likely N-dealkylation sites (N-methyl/N-ethyl adjacent to an activating group) is 1. The number of benzene rings is 1. The molecular formula is C22H29F3N6. The van der Waals surface area contributed by atoms with Gasteiger partial charge < -0.3 is 20.4 Å². The lowest BCUT2D eigenvalue weighted by molar-refractivity contribution is -0.137. The highest BCUT2D eigenvalue weighted by Crippen LogP contribution is 2.29. The van der Waals surface area contributed by atoms with Gasteiger partial charge in [0, 0.05) is 45.5 Å². The van der Waals surface area contributed by atoms with Crippen molar-refractivity contribution < 1.29 is 13.2 Å². The molecule has 1 aliphatic rings. The van der Waals surface area contributed by atoms with E-state index in [0.717, 1.165) is 55.3 Å². The molecule has 6 nitrogen and oxygen atoms in total. The summed E-state index contributed by atoms with van der Waals surface area (Å²) in [6.07, 6.45) is -2.48. The second kappa shape index (κ2) is 10.5. The number of pyridine rings is 1. The van der Waals surface area contributed by atoms with Crippen molar-refractivity contribution in [3.05, 3.63) is 59.3 Å². The minimum Gasteiger partial charge on any atom is -0.357 e. The second-order valence-electron chi connectivity index (χ2n) is 7.56. The number of anilines is 1. The summed E-state index contributed by atoms with van der Waals surface area (Å²) in [5, 5.41) is 6.31. The molecular weight excluding hydrogens is 405 g/mol. The maximum absolute atomic E-state index is 12.7. The number of halogens is 3. The fourth-order valence-electron chi connectivity index (χ4n) is 3.24. The molecule has 1 saturated heterocycles. The number of aliphatic imine (C=N–C) groups is 1. The number of alkyl halides is 3. The smallest absolute Gasteiger partial charge is 0.357 e. The van der Waals surface area contributed by atoms with Crippen LogP contribution in [0.2, 0.25) is 0 Å². The highest BCUT2D eigenvalue weighted by molar-refractivity contribution is 5.79. The molecule has 0 atom stereocenters. The molecule has 1 aromatic heterocycles. The molecule has 3 rings (SSSR count). The first kappa shape index (κ1) is 22.9. The van der Waals surface area contributed by atoms with E-state index in [0.29, 0.717) is 25.6 Å². The third-order valence-corrected chi connectivity index (χ3v) is 5.14. The quantitative estimate of drug-likeness (QED) is 0.541. The summed E-state index contributed by atoms with van der Waals surface area (Å²) in [5.41, 5.74) is 1.09. The average molecular weight is 435 g/mol. The van der Waals surface area contributed by atoms with Gasteiger partial charge in [-0.3, -0.25) is 0 Å². The number of aromatic nitrogens is 1. The number of hydrogen-bond acceptors (Lipinski definition) is 4. The van der Waals surface area contributed by atoms with Crippen molar-refractivity contribution in [2.75, 3.05) is 44.7 Å². The Morgan fingerprint density at radius 3 is 2.26 bits per heavy atom. The van der Waals surface area contributed by atoms with Crippen molar-refractivity contribution >= 4 is 11.8 Å². The van der Waals surface area contributed by atoms with Crippen LogP contribution in [0.5, 0.6) is 0 Å². The molecule has 0 amide bonds. The number of piperazine rings is 1. The van der Waals surface area contributed by atoms with E-state index >= 15 is 0 Å². The molecule has 0 radical (unpaired) electrons. The molecule has 2 N–H and O–H groups in total. The van der Waals surface area contributed by atoms with Gasteiger partial charge in [0.25, 0.3) is 0 Å². The number of hydrogen-bond donors (Lipinski definition) is 2. The maximum Gasteiger partial charge on any atom is 0.416 e. The molecule has 1 aliphatic heterocycles. The topological polar surface area (TPSA) is 55.8 Å². The Balaban J connectivity index is 1.55. The van der Waals surface area contributed by atoms with Crippen LogP contribution < -0.4 is 15.5 Å². The molecule has 0 spiro atoms. The first-order valence-corrected chi connectivity index (χ1v) is 10.4. The largest absolute Gasteiger partial charge is 0.416 e. The second-order valence-corrected chi connectivity index (χ2v) is 7.56. The predicted molar refractivity (Wildman–Crippen MR) is 117 cm³/mol. The molecule has 168 valence electrons. The van der Waals surface area contributed by atoms with Gasteiger partial charge in [-0.1, -0.05) is 18.2 Å². The molecule has 2 aromatic rings. The monoisotopic (exact) mass is 434 g/mol. The van der Waals surface area contributed by atoms with Gasteiger partial charge in [0.05, 0.1) is 12.1 Å². The maximum atomic E-state index is 12.7. The molecule has 0 bridgehead atoms. The zero-order chi connectivity index (χ0) is 22.3.